The van der Waals surface area contributed by atoms with E-state index in [1.54, 1.807) is 0 Å². The van der Waals surface area contributed by atoms with E-state index in [0.717, 1.165) is 49.4 Å². The van der Waals surface area contributed by atoms with Crippen LogP contribution in [0.25, 0.3) is 0 Å². The zero-order chi connectivity index (χ0) is 32.2. The first-order chi connectivity index (χ1) is 22.2. The maximum absolute atomic E-state index is 5.25. The first-order valence-corrected chi connectivity index (χ1v) is 19.0. The molecule has 0 aliphatic heterocycles. The molecule has 0 aliphatic rings. The minimum atomic E-state index is 0.983. The minimum absolute atomic E-state index is 0.983. The van der Waals surface area contributed by atoms with Crippen molar-refractivity contribution in [1.82, 2.24) is 0 Å². The van der Waals surface area contributed by atoms with Gasteiger partial charge in [-0.3, -0.25) is 9.98 Å². The lowest BCUT2D eigenvalue weighted by Crippen LogP contribution is -2.14. The molecule has 0 unspecified atom stereocenters. The van der Waals surface area contributed by atoms with Gasteiger partial charge < -0.3 is 10.6 Å². The van der Waals surface area contributed by atoms with E-state index in [9.17, 15) is 0 Å². The van der Waals surface area contributed by atoms with Crippen molar-refractivity contribution < 1.29 is 0 Å². The monoisotopic (exact) mass is 617 g/mol. The molecule has 0 aliphatic carbocycles. The summed E-state index contributed by atoms with van der Waals surface area (Å²) in [5, 5.41) is 7.21. The Labute approximate surface area is 278 Å². The van der Waals surface area contributed by atoms with Crippen molar-refractivity contribution in [2.45, 2.75) is 163 Å². The summed E-state index contributed by atoms with van der Waals surface area (Å²) in [7, 11) is 0. The van der Waals surface area contributed by atoms with Crippen molar-refractivity contribution >= 4 is 34.2 Å². The summed E-state index contributed by atoms with van der Waals surface area (Å²) in [6, 6.07) is 17.4. The lowest BCUT2D eigenvalue weighted by atomic mass is 10.0. The summed E-state index contributed by atoms with van der Waals surface area (Å²) >= 11 is 0. The van der Waals surface area contributed by atoms with Crippen LogP contribution in [-0.2, 0) is 0 Å². The molecule has 0 heterocycles. The number of benzene rings is 2. The summed E-state index contributed by atoms with van der Waals surface area (Å²) < 4.78 is 0. The van der Waals surface area contributed by atoms with Crippen molar-refractivity contribution in [3.05, 3.63) is 48.5 Å². The molecule has 0 aromatic heterocycles. The number of unbranched alkanes of at least 4 members (excludes halogenated alkanes) is 15. The van der Waals surface area contributed by atoms with Crippen LogP contribution in [0.5, 0.6) is 0 Å². The van der Waals surface area contributed by atoms with Crippen LogP contribution in [0.4, 0.5) is 22.7 Å². The highest BCUT2D eigenvalue weighted by Crippen LogP contribution is 2.23. The van der Waals surface area contributed by atoms with Crippen LogP contribution in [0.15, 0.2) is 58.5 Å². The first kappa shape index (κ1) is 38.6. The Balaban J connectivity index is 2.10. The molecule has 0 bridgehead atoms. The van der Waals surface area contributed by atoms with Crippen LogP contribution >= 0.6 is 0 Å². The van der Waals surface area contributed by atoms with E-state index in [2.05, 4.69) is 86.9 Å². The van der Waals surface area contributed by atoms with Gasteiger partial charge >= 0.3 is 0 Å². The van der Waals surface area contributed by atoms with Crippen molar-refractivity contribution in [2.24, 2.45) is 9.98 Å². The third-order valence-corrected chi connectivity index (χ3v) is 8.60. The highest BCUT2D eigenvalue weighted by Gasteiger charge is 2.11. The smallest absolute Gasteiger partial charge is 0.0635 e. The molecule has 0 amide bonds. The zero-order valence-electron chi connectivity index (χ0n) is 29.8. The molecule has 2 N–H and O–H groups in total. The predicted molar refractivity (Wildman–Crippen MR) is 204 cm³/mol. The van der Waals surface area contributed by atoms with Gasteiger partial charge in [-0.05, 0) is 87.1 Å². The summed E-state index contributed by atoms with van der Waals surface area (Å²) in [5.74, 6) is 0. The quantitative estimate of drug-likeness (QED) is 0.0738. The third-order valence-electron chi connectivity index (χ3n) is 8.60. The van der Waals surface area contributed by atoms with Gasteiger partial charge in [0.15, 0.2) is 0 Å². The van der Waals surface area contributed by atoms with E-state index in [4.69, 9.17) is 9.98 Å². The Morgan fingerprint density at radius 1 is 0.400 bits per heavy atom. The number of hydrogen-bond donors (Lipinski definition) is 2. The van der Waals surface area contributed by atoms with Crippen molar-refractivity contribution in [2.75, 3.05) is 23.7 Å². The molecule has 0 atom stereocenters. The third kappa shape index (κ3) is 18.8. The molecule has 2 aromatic carbocycles. The highest BCUT2D eigenvalue weighted by molar-refractivity contribution is 6.43. The number of rotatable bonds is 28. The Morgan fingerprint density at radius 3 is 1.11 bits per heavy atom. The van der Waals surface area contributed by atoms with Crippen LogP contribution in [0.3, 0.4) is 0 Å². The molecule has 4 heteroatoms. The maximum atomic E-state index is 5.25. The average Bonchev–Trinajstić information content (AvgIpc) is 3.06. The maximum Gasteiger partial charge on any atom is 0.0635 e. The van der Waals surface area contributed by atoms with Gasteiger partial charge in [-0.15, -0.1) is 0 Å². The van der Waals surface area contributed by atoms with Crippen LogP contribution in [-0.4, -0.2) is 24.5 Å². The number of nitrogens with one attached hydrogen (secondary N) is 2. The molecular weight excluding hydrogens is 548 g/mol. The van der Waals surface area contributed by atoms with E-state index in [1.807, 2.05) is 0 Å². The van der Waals surface area contributed by atoms with Crippen LogP contribution in [0.2, 0.25) is 0 Å². The molecule has 2 rings (SSSR count). The Hall–Kier alpha value is -2.62. The summed E-state index contributed by atoms with van der Waals surface area (Å²) in [5.41, 5.74) is 6.77. The Bertz CT molecular complexity index is 1020. The van der Waals surface area contributed by atoms with Gasteiger partial charge in [0.05, 0.1) is 22.8 Å². The lowest BCUT2D eigenvalue weighted by Gasteiger charge is -2.13. The van der Waals surface area contributed by atoms with Crippen molar-refractivity contribution in [3.63, 3.8) is 0 Å². The molecule has 0 saturated heterocycles. The van der Waals surface area contributed by atoms with Crippen LogP contribution in [0.1, 0.15) is 163 Å². The second kappa shape index (κ2) is 26.6. The SMILES string of the molecule is CCCCCCCCNc1ccc(N=C(CCCCC)C(CCCCCC)=Nc2ccc(NCCCCCCCC)cc2)cc1. The van der Waals surface area contributed by atoms with Gasteiger partial charge in [-0.25, -0.2) is 0 Å². The average molecular weight is 617 g/mol. The van der Waals surface area contributed by atoms with E-state index in [0.29, 0.717) is 0 Å². The molecule has 0 fully saturated rings. The molecule has 2 aromatic rings. The number of nitrogens with zero attached hydrogens (tertiary/aromatic N) is 2. The Kier molecular flexibility index (Phi) is 22.8. The lowest BCUT2D eigenvalue weighted by molar-refractivity contribution is 0.617. The summed E-state index contributed by atoms with van der Waals surface area (Å²) in [6.07, 6.45) is 26.4. The molecule has 45 heavy (non-hydrogen) atoms. The topological polar surface area (TPSA) is 48.8 Å². The predicted octanol–water partition coefficient (Wildman–Crippen LogP) is 13.6. The molecule has 0 radical (unpaired) electrons. The molecule has 252 valence electrons. The van der Waals surface area contributed by atoms with Crippen molar-refractivity contribution in [3.8, 4) is 0 Å². The highest BCUT2D eigenvalue weighted by atomic mass is 14.9. The van der Waals surface area contributed by atoms with Gasteiger partial charge in [0.25, 0.3) is 0 Å². The van der Waals surface area contributed by atoms with Crippen molar-refractivity contribution in [1.29, 1.82) is 0 Å². The molecule has 4 nitrogen and oxygen atoms in total. The van der Waals surface area contributed by atoms with E-state index >= 15 is 0 Å². The summed E-state index contributed by atoms with van der Waals surface area (Å²) in [6.45, 7) is 11.2. The standard InChI is InChI=1S/C41H68N4/c1-5-9-13-16-18-22-34-42-36-26-30-38(31-27-36)44-40(24-20-12-8-4)41(25-21-15-11-7-3)45-39-32-28-37(29-33-39)43-35-23-19-17-14-10-6-2/h26-33,42-43H,5-25,34-35H2,1-4H3. The fourth-order valence-electron chi connectivity index (χ4n) is 5.69. The second-order valence-corrected chi connectivity index (χ2v) is 12.9. The van der Waals surface area contributed by atoms with E-state index in [1.165, 1.54) is 133 Å². The van der Waals surface area contributed by atoms with Crippen LogP contribution < -0.4 is 10.6 Å². The molecule has 0 saturated carbocycles. The largest absolute Gasteiger partial charge is 0.385 e. The van der Waals surface area contributed by atoms with Gasteiger partial charge in [0, 0.05) is 24.5 Å². The fourth-order valence-corrected chi connectivity index (χ4v) is 5.69. The molecular formula is C41H68N4. The number of anilines is 2. The van der Waals surface area contributed by atoms with Gasteiger partial charge in [0.2, 0.25) is 0 Å². The zero-order valence-corrected chi connectivity index (χ0v) is 29.8. The van der Waals surface area contributed by atoms with Crippen LogP contribution in [0, 0.1) is 0 Å². The second-order valence-electron chi connectivity index (χ2n) is 12.9. The van der Waals surface area contributed by atoms with Gasteiger partial charge in [0.1, 0.15) is 0 Å². The normalized spacial score (nSPS) is 12.1. The summed E-state index contributed by atoms with van der Waals surface area (Å²) in [4.78, 5) is 10.5. The number of aliphatic imine (C=N–C) groups is 2. The first-order valence-electron chi connectivity index (χ1n) is 19.0. The fraction of sp³-hybridized carbons (Fsp3) is 0.659. The van der Waals surface area contributed by atoms with Gasteiger partial charge in [-0.2, -0.15) is 0 Å². The van der Waals surface area contributed by atoms with E-state index < -0.39 is 0 Å². The van der Waals surface area contributed by atoms with Gasteiger partial charge in [-0.1, -0.05) is 124 Å². The Morgan fingerprint density at radius 2 is 0.711 bits per heavy atom. The number of hydrogen-bond acceptors (Lipinski definition) is 4. The minimum Gasteiger partial charge on any atom is -0.385 e. The molecule has 0 spiro atoms. The van der Waals surface area contributed by atoms with E-state index in [-0.39, 0.29) is 0 Å².